The molecule has 1 N–H and O–H groups in total. The van der Waals surface area contributed by atoms with E-state index in [0.29, 0.717) is 12.2 Å². The predicted octanol–water partition coefficient (Wildman–Crippen LogP) is 4.60. The number of methoxy groups -OCH3 is 1. The lowest BCUT2D eigenvalue weighted by Crippen LogP contribution is -2.03. The number of rotatable bonds is 5. The lowest BCUT2D eigenvalue weighted by molar-refractivity contribution is 0.0600. The van der Waals surface area contributed by atoms with Gasteiger partial charge >= 0.3 is 5.97 Å². The molecular weight excluding hydrogens is 302 g/mol. The van der Waals surface area contributed by atoms with Crippen LogP contribution in [-0.2, 0) is 11.2 Å². The number of esters is 1. The SMILES string of the molecule is CC.COC(=O)c1ccc(OCCc2cc3ccccc3[nH]2)cc1. The molecule has 0 saturated heterocycles. The van der Waals surface area contributed by atoms with E-state index in [4.69, 9.17) is 4.74 Å². The summed E-state index contributed by atoms with van der Waals surface area (Å²) in [6.45, 7) is 4.57. The molecule has 0 aliphatic carbocycles. The van der Waals surface area contributed by atoms with Crippen LogP contribution in [0.3, 0.4) is 0 Å². The molecule has 0 unspecified atom stereocenters. The van der Waals surface area contributed by atoms with Crippen LogP contribution in [0.25, 0.3) is 10.9 Å². The number of H-pyrrole nitrogens is 1. The molecule has 2 aromatic carbocycles. The largest absolute Gasteiger partial charge is 0.493 e. The van der Waals surface area contributed by atoms with Gasteiger partial charge in [0.15, 0.2) is 0 Å². The minimum Gasteiger partial charge on any atom is -0.493 e. The Morgan fingerprint density at radius 3 is 2.42 bits per heavy atom. The average molecular weight is 325 g/mol. The molecule has 0 bridgehead atoms. The topological polar surface area (TPSA) is 51.3 Å². The number of ether oxygens (including phenoxy) is 2. The zero-order valence-electron chi connectivity index (χ0n) is 14.3. The van der Waals surface area contributed by atoms with Crippen molar-refractivity contribution in [2.45, 2.75) is 20.3 Å². The molecule has 4 heteroatoms. The number of aromatic nitrogens is 1. The first-order valence-corrected chi connectivity index (χ1v) is 8.14. The Labute approximate surface area is 142 Å². The van der Waals surface area contributed by atoms with Crippen LogP contribution in [0.1, 0.15) is 29.9 Å². The summed E-state index contributed by atoms with van der Waals surface area (Å²) in [6.07, 6.45) is 0.799. The van der Waals surface area contributed by atoms with Crippen molar-refractivity contribution in [3.63, 3.8) is 0 Å². The van der Waals surface area contributed by atoms with E-state index in [-0.39, 0.29) is 5.97 Å². The number of para-hydroxylation sites is 1. The van der Waals surface area contributed by atoms with Crippen LogP contribution < -0.4 is 4.74 Å². The van der Waals surface area contributed by atoms with E-state index in [9.17, 15) is 4.79 Å². The molecule has 0 saturated carbocycles. The summed E-state index contributed by atoms with van der Waals surface area (Å²) in [5.41, 5.74) is 2.80. The maximum Gasteiger partial charge on any atom is 0.337 e. The Morgan fingerprint density at radius 1 is 1.04 bits per heavy atom. The van der Waals surface area contributed by atoms with E-state index in [2.05, 4.69) is 27.9 Å². The predicted molar refractivity (Wildman–Crippen MR) is 96.6 cm³/mol. The van der Waals surface area contributed by atoms with Gasteiger partial charge in [0.05, 0.1) is 19.3 Å². The van der Waals surface area contributed by atoms with E-state index >= 15 is 0 Å². The van der Waals surface area contributed by atoms with Crippen LogP contribution in [0.2, 0.25) is 0 Å². The van der Waals surface area contributed by atoms with Crippen molar-refractivity contribution >= 4 is 16.9 Å². The third-order valence-electron chi connectivity index (χ3n) is 3.50. The van der Waals surface area contributed by atoms with Crippen molar-refractivity contribution in [1.29, 1.82) is 0 Å². The van der Waals surface area contributed by atoms with E-state index < -0.39 is 0 Å². The molecule has 24 heavy (non-hydrogen) atoms. The minimum absolute atomic E-state index is 0.343. The molecule has 0 aliphatic heterocycles. The van der Waals surface area contributed by atoms with Gasteiger partial charge < -0.3 is 14.5 Å². The number of benzene rings is 2. The van der Waals surface area contributed by atoms with Gasteiger partial charge in [-0.1, -0.05) is 32.0 Å². The van der Waals surface area contributed by atoms with E-state index in [1.807, 2.05) is 26.0 Å². The number of hydrogen-bond acceptors (Lipinski definition) is 3. The summed E-state index contributed by atoms with van der Waals surface area (Å²) in [5.74, 6) is 0.397. The van der Waals surface area contributed by atoms with E-state index in [0.717, 1.165) is 23.4 Å². The average Bonchev–Trinajstić information content (AvgIpc) is 3.06. The third-order valence-corrected chi connectivity index (χ3v) is 3.50. The van der Waals surface area contributed by atoms with Gasteiger partial charge in [-0.15, -0.1) is 0 Å². The quantitative estimate of drug-likeness (QED) is 0.697. The second-order valence-electron chi connectivity index (χ2n) is 5.00. The molecule has 0 atom stereocenters. The molecule has 1 heterocycles. The molecule has 3 rings (SSSR count). The highest BCUT2D eigenvalue weighted by molar-refractivity contribution is 5.89. The Hall–Kier alpha value is -2.75. The fourth-order valence-corrected chi connectivity index (χ4v) is 2.35. The van der Waals surface area contributed by atoms with Crippen LogP contribution in [-0.4, -0.2) is 24.7 Å². The molecular formula is C20H23NO3. The Morgan fingerprint density at radius 2 is 1.75 bits per heavy atom. The van der Waals surface area contributed by atoms with Gasteiger partial charge in [0, 0.05) is 17.6 Å². The summed E-state index contributed by atoms with van der Waals surface area (Å²) >= 11 is 0. The fourth-order valence-electron chi connectivity index (χ4n) is 2.35. The van der Waals surface area contributed by atoms with Crippen molar-refractivity contribution in [1.82, 2.24) is 4.98 Å². The molecule has 0 aliphatic rings. The van der Waals surface area contributed by atoms with E-state index in [1.54, 1.807) is 24.3 Å². The van der Waals surface area contributed by atoms with Crippen molar-refractivity contribution in [2.24, 2.45) is 0 Å². The summed E-state index contributed by atoms with van der Waals surface area (Å²) < 4.78 is 10.4. The van der Waals surface area contributed by atoms with Gasteiger partial charge in [-0.25, -0.2) is 4.79 Å². The molecule has 1 aromatic heterocycles. The second kappa shape index (κ2) is 8.77. The molecule has 0 radical (unpaired) electrons. The fraction of sp³-hybridized carbons (Fsp3) is 0.250. The van der Waals surface area contributed by atoms with Gasteiger partial charge in [0.2, 0.25) is 0 Å². The molecule has 0 amide bonds. The van der Waals surface area contributed by atoms with Crippen LogP contribution in [0.5, 0.6) is 5.75 Å². The Balaban J connectivity index is 0.00000100. The van der Waals surface area contributed by atoms with Crippen LogP contribution in [0.15, 0.2) is 54.6 Å². The number of aromatic amines is 1. The lowest BCUT2D eigenvalue weighted by Gasteiger charge is -2.06. The number of nitrogens with one attached hydrogen (secondary N) is 1. The first kappa shape index (κ1) is 17.6. The first-order chi connectivity index (χ1) is 11.8. The summed E-state index contributed by atoms with van der Waals surface area (Å²) in [5, 5.41) is 1.21. The van der Waals surface area contributed by atoms with Crippen LogP contribution in [0.4, 0.5) is 0 Å². The Bertz CT molecular complexity index is 742. The third kappa shape index (κ3) is 4.38. The smallest absolute Gasteiger partial charge is 0.337 e. The molecule has 3 aromatic rings. The highest BCUT2D eigenvalue weighted by Crippen LogP contribution is 2.16. The second-order valence-corrected chi connectivity index (χ2v) is 5.00. The van der Waals surface area contributed by atoms with E-state index in [1.165, 1.54) is 12.5 Å². The molecule has 126 valence electrons. The minimum atomic E-state index is -0.343. The van der Waals surface area contributed by atoms with Crippen LogP contribution >= 0.6 is 0 Å². The Kier molecular flexibility index (Phi) is 6.43. The monoisotopic (exact) mass is 325 g/mol. The highest BCUT2D eigenvalue weighted by atomic mass is 16.5. The molecule has 4 nitrogen and oxygen atoms in total. The molecule has 0 spiro atoms. The number of hydrogen-bond donors (Lipinski definition) is 1. The zero-order valence-corrected chi connectivity index (χ0v) is 14.3. The summed E-state index contributed by atoms with van der Waals surface area (Å²) in [4.78, 5) is 14.7. The summed E-state index contributed by atoms with van der Waals surface area (Å²) in [6, 6.07) is 17.3. The van der Waals surface area contributed by atoms with Gasteiger partial charge in [-0.3, -0.25) is 0 Å². The zero-order chi connectivity index (χ0) is 17.4. The lowest BCUT2D eigenvalue weighted by atomic mass is 10.2. The highest BCUT2D eigenvalue weighted by Gasteiger charge is 2.05. The van der Waals surface area contributed by atoms with Crippen molar-refractivity contribution in [2.75, 3.05) is 13.7 Å². The summed E-state index contributed by atoms with van der Waals surface area (Å²) in [7, 11) is 1.37. The normalized spacial score (nSPS) is 9.96. The van der Waals surface area contributed by atoms with Gasteiger partial charge in [-0.2, -0.15) is 0 Å². The van der Waals surface area contributed by atoms with Gasteiger partial charge in [0.1, 0.15) is 5.75 Å². The number of fused-ring (bicyclic) bond motifs is 1. The first-order valence-electron chi connectivity index (χ1n) is 8.14. The molecule has 0 fully saturated rings. The van der Waals surface area contributed by atoms with Crippen LogP contribution in [0, 0.1) is 0 Å². The van der Waals surface area contributed by atoms with Crippen molar-refractivity contribution in [3.8, 4) is 5.75 Å². The van der Waals surface area contributed by atoms with Gasteiger partial charge in [-0.05, 0) is 41.8 Å². The maximum atomic E-state index is 11.3. The van der Waals surface area contributed by atoms with Gasteiger partial charge in [0.25, 0.3) is 0 Å². The standard InChI is InChI=1S/C18H17NO3.C2H6/c1-21-18(20)13-6-8-16(9-7-13)22-11-10-15-12-14-4-2-3-5-17(14)19-15;1-2/h2-9,12,19H,10-11H2,1H3;1-2H3. The van der Waals surface area contributed by atoms with Crippen molar-refractivity contribution < 1.29 is 14.3 Å². The maximum absolute atomic E-state index is 11.3. The number of carbonyl (C=O) groups is 1. The van der Waals surface area contributed by atoms with Crippen molar-refractivity contribution in [3.05, 3.63) is 65.9 Å². The number of carbonyl (C=O) groups excluding carboxylic acids is 1.